The third-order valence-electron chi connectivity index (χ3n) is 9.88. The van der Waals surface area contributed by atoms with E-state index >= 15 is 0 Å². The van der Waals surface area contributed by atoms with E-state index in [1.165, 1.54) is 38.5 Å². The fourth-order valence-corrected chi connectivity index (χ4v) is 8.53. The van der Waals surface area contributed by atoms with Gasteiger partial charge in [0.2, 0.25) is 0 Å². The number of rotatable bonds is 2. The van der Waals surface area contributed by atoms with Crippen molar-refractivity contribution in [1.29, 1.82) is 0 Å². The molecule has 25 heavy (non-hydrogen) atoms. The Morgan fingerprint density at radius 2 is 1.72 bits per heavy atom. The highest BCUT2D eigenvalue weighted by atomic mass is 16.3. The lowest BCUT2D eigenvalue weighted by Gasteiger charge is -2.62. The molecule has 142 valence electrons. The summed E-state index contributed by atoms with van der Waals surface area (Å²) >= 11 is 0. The molecule has 0 aromatic carbocycles. The fraction of sp³-hybridized carbons (Fsp3) is 0.957. The molecule has 0 aromatic heterocycles. The highest BCUT2D eigenvalue weighted by Crippen LogP contribution is 2.69. The van der Waals surface area contributed by atoms with Crippen molar-refractivity contribution in [3.8, 4) is 0 Å². The zero-order valence-electron chi connectivity index (χ0n) is 16.8. The number of hydrogen-bond acceptors (Lipinski definition) is 2. The van der Waals surface area contributed by atoms with Crippen molar-refractivity contribution >= 4 is 5.78 Å². The number of fused-ring (bicyclic) bond motifs is 5. The van der Waals surface area contributed by atoms with Crippen molar-refractivity contribution in [3.63, 3.8) is 0 Å². The lowest BCUT2D eigenvalue weighted by molar-refractivity contribution is -0.153. The number of carbonyl (C=O) groups excluding carboxylic acids is 1. The van der Waals surface area contributed by atoms with Crippen molar-refractivity contribution < 1.29 is 9.90 Å². The Morgan fingerprint density at radius 3 is 2.40 bits per heavy atom. The Balaban J connectivity index is 1.60. The van der Waals surface area contributed by atoms with Crippen LogP contribution in [0.3, 0.4) is 0 Å². The maximum absolute atomic E-state index is 12.3. The lowest BCUT2D eigenvalue weighted by Crippen LogP contribution is -2.56. The van der Waals surface area contributed by atoms with Gasteiger partial charge in [-0.25, -0.2) is 0 Å². The van der Waals surface area contributed by atoms with Crippen molar-refractivity contribution in [2.75, 3.05) is 0 Å². The zero-order chi connectivity index (χ0) is 18.0. The highest BCUT2D eigenvalue weighted by Gasteiger charge is 2.63. The van der Waals surface area contributed by atoms with Crippen LogP contribution in [0.1, 0.15) is 91.9 Å². The summed E-state index contributed by atoms with van der Waals surface area (Å²) in [4.78, 5) is 12.3. The van der Waals surface area contributed by atoms with Crippen LogP contribution in [-0.4, -0.2) is 16.5 Å². The van der Waals surface area contributed by atoms with Crippen LogP contribution in [0.15, 0.2) is 0 Å². The Kier molecular flexibility index (Phi) is 4.19. The summed E-state index contributed by atoms with van der Waals surface area (Å²) in [6.45, 7) is 9.01. The fourth-order valence-electron chi connectivity index (χ4n) is 8.53. The van der Waals surface area contributed by atoms with Gasteiger partial charge < -0.3 is 5.11 Å². The van der Waals surface area contributed by atoms with Gasteiger partial charge in [-0.2, -0.15) is 0 Å². The maximum atomic E-state index is 12.3. The molecule has 4 aliphatic carbocycles. The van der Waals surface area contributed by atoms with E-state index in [1.54, 1.807) is 0 Å². The Hall–Kier alpha value is -0.370. The summed E-state index contributed by atoms with van der Waals surface area (Å²) in [5.74, 6) is 3.88. The van der Waals surface area contributed by atoms with Gasteiger partial charge in [-0.05, 0) is 106 Å². The number of ketones is 1. The second-order valence-electron chi connectivity index (χ2n) is 10.7. The first-order chi connectivity index (χ1) is 11.7. The maximum Gasteiger partial charge on any atom is 0.133 e. The monoisotopic (exact) mass is 346 g/mol. The first-order valence-electron chi connectivity index (χ1n) is 11.0. The quantitative estimate of drug-likeness (QED) is 0.729. The summed E-state index contributed by atoms with van der Waals surface area (Å²) in [7, 11) is 0. The molecule has 0 spiro atoms. The van der Waals surface area contributed by atoms with E-state index in [0.29, 0.717) is 17.1 Å². The molecule has 0 aromatic rings. The van der Waals surface area contributed by atoms with E-state index in [1.807, 2.05) is 6.92 Å². The van der Waals surface area contributed by atoms with Crippen LogP contribution in [0.2, 0.25) is 0 Å². The summed E-state index contributed by atoms with van der Waals surface area (Å²) in [6, 6.07) is 0. The lowest BCUT2D eigenvalue weighted by atomic mass is 9.43. The van der Waals surface area contributed by atoms with Gasteiger partial charge in [0.15, 0.2) is 0 Å². The minimum absolute atomic E-state index is 0.253. The van der Waals surface area contributed by atoms with E-state index in [9.17, 15) is 9.90 Å². The van der Waals surface area contributed by atoms with Crippen LogP contribution < -0.4 is 0 Å². The van der Waals surface area contributed by atoms with Crippen LogP contribution in [-0.2, 0) is 4.79 Å². The Labute approximate surface area is 154 Å². The molecule has 0 amide bonds. The molecule has 0 bridgehead atoms. The van der Waals surface area contributed by atoms with Gasteiger partial charge >= 0.3 is 0 Å². The molecular formula is C23H38O2. The molecule has 0 saturated heterocycles. The number of aliphatic hydroxyl groups is 1. The highest BCUT2D eigenvalue weighted by molar-refractivity contribution is 5.79. The summed E-state index contributed by atoms with van der Waals surface area (Å²) < 4.78 is 0. The van der Waals surface area contributed by atoms with Crippen molar-refractivity contribution in [3.05, 3.63) is 0 Å². The molecule has 4 saturated carbocycles. The SMILES string of the molecule is CCC1(O)CCC2C(CCC3(C)C2CCC2(C)C(C(C)=O)CCC23)C1. The third-order valence-corrected chi connectivity index (χ3v) is 9.88. The number of hydrogen-bond donors (Lipinski definition) is 1. The van der Waals surface area contributed by atoms with Gasteiger partial charge in [-0.1, -0.05) is 20.8 Å². The average Bonchev–Trinajstić information content (AvgIpc) is 2.93. The summed E-state index contributed by atoms with van der Waals surface area (Å²) in [5, 5.41) is 10.8. The predicted octanol–water partition coefficient (Wildman–Crippen LogP) is 5.38. The van der Waals surface area contributed by atoms with Gasteiger partial charge in [0.05, 0.1) is 5.60 Å². The molecule has 0 aliphatic heterocycles. The first-order valence-corrected chi connectivity index (χ1v) is 11.0. The van der Waals surface area contributed by atoms with Crippen LogP contribution >= 0.6 is 0 Å². The third kappa shape index (κ3) is 2.49. The summed E-state index contributed by atoms with van der Waals surface area (Å²) in [6.07, 6.45) is 11.8. The molecule has 2 heteroatoms. The Morgan fingerprint density at radius 1 is 1.00 bits per heavy atom. The Bertz CT molecular complexity index is 556. The molecule has 8 atom stereocenters. The standard InChI is InChI=1S/C23H38O2/c1-5-23(25)13-9-17-16(14-23)8-11-22(4)19(17)10-12-21(3)18(15(2)24)6-7-20(21)22/h16-20,25H,5-14H2,1-4H3. The molecule has 4 fully saturated rings. The van der Waals surface area contributed by atoms with E-state index < -0.39 is 0 Å². The van der Waals surface area contributed by atoms with E-state index in [-0.39, 0.29) is 11.0 Å². The van der Waals surface area contributed by atoms with Crippen molar-refractivity contribution in [2.24, 2.45) is 40.4 Å². The predicted molar refractivity (Wildman–Crippen MR) is 101 cm³/mol. The second-order valence-corrected chi connectivity index (χ2v) is 10.7. The van der Waals surface area contributed by atoms with Gasteiger partial charge in [0.25, 0.3) is 0 Å². The summed E-state index contributed by atoms with van der Waals surface area (Å²) in [5.41, 5.74) is 0.300. The minimum atomic E-state index is -0.384. The molecule has 0 radical (unpaired) electrons. The number of Topliss-reactive ketones (excluding diaryl/α,β-unsaturated/α-hetero) is 1. The van der Waals surface area contributed by atoms with Crippen molar-refractivity contribution in [2.45, 2.75) is 97.5 Å². The van der Waals surface area contributed by atoms with E-state index in [0.717, 1.165) is 49.4 Å². The average molecular weight is 347 g/mol. The largest absolute Gasteiger partial charge is 0.390 e. The topological polar surface area (TPSA) is 37.3 Å². The van der Waals surface area contributed by atoms with E-state index in [2.05, 4.69) is 20.8 Å². The van der Waals surface area contributed by atoms with Gasteiger partial charge in [-0.3, -0.25) is 4.79 Å². The van der Waals surface area contributed by atoms with Gasteiger partial charge in [0, 0.05) is 5.92 Å². The molecule has 1 N–H and O–H groups in total. The van der Waals surface area contributed by atoms with Gasteiger partial charge in [-0.15, -0.1) is 0 Å². The molecule has 8 unspecified atom stereocenters. The minimum Gasteiger partial charge on any atom is -0.390 e. The zero-order valence-corrected chi connectivity index (χ0v) is 16.8. The molecular weight excluding hydrogens is 308 g/mol. The van der Waals surface area contributed by atoms with Crippen LogP contribution in [0, 0.1) is 40.4 Å². The molecule has 0 heterocycles. The number of carbonyl (C=O) groups is 1. The van der Waals surface area contributed by atoms with Crippen LogP contribution in [0.25, 0.3) is 0 Å². The smallest absolute Gasteiger partial charge is 0.133 e. The first kappa shape index (κ1) is 18.0. The molecule has 4 rings (SSSR count). The van der Waals surface area contributed by atoms with Crippen LogP contribution in [0.4, 0.5) is 0 Å². The van der Waals surface area contributed by atoms with Crippen molar-refractivity contribution in [1.82, 2.24) is 0 Å². The normalized spacial score (nSPS) is 55.2. The van der Waals surface area contributed by atoms with Gasteiger partial charge in [0.1, 0.15) is 5.78 Å². The molecule has 2 nitrogen and oxygen atoms in total. The molecule has 4 aliphatic rings. The second kappa shape index (κ2) is 5.81. The van der Waals surface area contributed by atoms with Crippen LogP contribution in [0.5, 0.6) is 0 Å². The van der Waals surface area contributed by atoms with E-state index in [4.69, 9.17) is 0 Å².